The molecule has 23 heavy (non-hydrogen) atoms. The molecule has 2 rings (SSSR count). The lowest BCUT2D eigenvalue weighted by Crippen LogP contribution is -2.19. The number of rotatable bonds is 6. The molecule has 2 aromatic carbocycles. The molecule has 0 saturated heterocycles. The van der Waals surface area contributed by atoms with Gasteiger partial charge in [0.15, 0.2) is 0 Å². The van der Waals surface area contributed by atoms with E-state index in [9.17, 15) is 9.90 Å². The van der Waals surface area contributed by atoms with Gasteiger partial charge in [-0.25, -0.2) is 5.43 Å². The van der Waals surface area contributed by atoms with Gasteiger partial charge in [-0.15, -0.1) is 0 Å². The zero-order chi connectivity index (χ0) is 16.7. The molecular formula is C18H18N2O3. The van der Waals surface area contributed by atoms with Gasteiger partial charge in [0, 0.05) is 5.56 Å². The van der Waals surface area contributed by atoms with Crippen LogP contribution in [0.25, 0.3) is 0 Å². The van der Waals surface area contributed by atoms with Crippen molar-refractivity contribution in [3.8, 4) is 11.5 Å². The van der Waals surface area contributed by atoms with E-state index in [1.54, 1.807) is 61.5 Å². The molecule has 0 bridgehead atoms. The number of nitrogens with zero attached hydrogens (tertiary/aromatic N) is 1. The second kappa shape index (κ2) is 7.79. The minimum atomic E-state index is -0.307. The molecule has 2 N–H and O–H groups in total. The Morgan fingerprint density at radius 2 is 1.78 bits per heavy atom. The third kappa shape index (κ3) is 4.71. The van der Waals surface area contributed by atoms with E-state index >= 15 is 0 Å². The van der Waals surface area contributed by atoms with Gasteiger partial charge in [0.25, 0.3) is 5.91 Å². The summed E-state index contributed by atoms with van der Waals surface area (Å²) in [5, 5.41) is 13.3. The average Bonchev–Trinajstić information content (AvgIpc) is 2.58. The zero-order valence-electron chi connectivity index (χ0n) is 12.8. The molecule has 0 spiro atoms. The quantitative estimate of drug-likeness (QED) is 0.489. The predicted octanol–water partition coefficient (Wildman–Crippen LogP) is 3.11. The second-order valence-corrected chi connectivity index (χ2v) is 4.81. The van der Waals surface area contributed by atoms with Gasteiger partial charge in [0.2, 0.25) is 0 Å². The molecular weight excluding hydrogens is 292 g/mol. The van der Waals surface area contributed by atoms with E-state index in [4.69, 9.17) is 4.74 Å². The molecule has 0 unspecified atom stereocenters. The van der Waals surface area contributed by atoms with Crippen molar-refractivity contribution in [3.63, 3.8) is 0 Å². The number of nitrogens with one attached hydrogen (secondary N) is 1. The van der Waals surface area contributed by atoms with Gasteiger partial charge in [-0.1, -0.05) is 12.7 Å². The summed E-state index contributed by atoms with van der Waals surface area (Å²) in [6.45, 7) is 5.77. The smallest absolute Gasteiger partial charge is 0.271 e. The van der Waals surface area contributed by atoms with E-state index in [2.05, 4.69) is 17.1 Å². The van der Waals surface area contributed by atoms with Crippen LogP contribution in [0.4, 0.5) is 0 Å². The van der Waals surface area contributed by atoms with Crippen molar-refractivity contribution in [2.24, 2.45) is 5.10 Å². The summed E-state index contributed by atoms with van der Waals surface area (Å²) >= 11 is 0. The first-order valence-corrected chi connectivity index (χ1v) is 7.08. The number of ether oxygens (including phenoxy) is 1. The Hall–Kier alpha value is -3.08. The number of aromatic hydroxyl groups is 1. The normalized spacial score (nSPS) is 10.9. The van der Waals surface area contributed by atoms with Crippen molar-refractivity contribution in [2.75, 3.05) is 6.61 Å². The molecule has 1 amide bonds. The minimum Gasteiger partial charge on any atom is -0.508 e. The van der Waals surface area contributed by atoms with Gasteiger partial charge in [0.1, 0.15) is 18.1 Å². The van der Waals surface area contributed by atoms with Crippen LogP contribution in [0.5, 0.6) is 11.5 Å². The number of hydrogen-bond acceptors (Lipinski definition) is 4. The van der Waals surface area contributed by atoms with Crippen LogP contribution in [0.2, 0.25) is 0 Å². The standard InChI is InChI=1S/C18H18N2O3/c1-3-12-23-17-10-6-15(7-11-17)18(22)20-19-13(2)14-4-8-16(21)9-5-14/h3-11,21H,1,12H2,2H3,(H,20,22)/b19-13+. The Bertz CT molecular complexity index is 704. The topological polar surface area (TPSA) is 70.9 Å². The Labute approximate surface area is 134 Å². The lowest BCUT2D eigenvalue weighted by atomic mass is 10.1. The molecule has 0 aromatic heterocycles. The summed E-state index contributed by atoms with van der Waals surface area (Å²) in [4.78, 5) is 12.0. The maximum Gasteiger partial charge on any atom is 0.271 e. The van der Waals surface area contributed by atoms with E-state index in [1.807, 2.05) is 0 Å². The SMILES string of the molecule is C=CCOc1ccc(C(=O)N/N=C(\C)c2ccc(O)cc2)cc1. The Balaban J connectivity index is 1.99. The van der Waals surface area contributed by atoms with Crippen LogP contribution >= 0.6 is 0 Å². The van der Waals surface area contributed by atoms with Crippen molar-refractivity contribution in [1.29, 1.82) is 0 Å². The lowest BCUT2D eigenvalue weighted by molar-refractivity contribution is 0.0955. The summed E-state index contributed by atoms with van der Waals surface area (Å²) in [6, 6.07) is 13.4. The number of hydrogen-bond donors (Lipinski definition) is 2. The summed E-state index contributed by atoms with van der Waals surface area (Å²) < 4.78 is 5.36. The summed E-state index contributed by atoms with van der Waals surface area (Å²) in [5.41, 5.74) is 4.45. The highest BCUT2D eigenvalue weighted by molar-refractivity contribution is 6.00. The number of amides is 1. The maximum absolute atomic E-state index is 12.0. The lowest BCUT2D eigenvalue weighted by Gasteiger charge is -2.05. The fraction of sp³-hybridized carbons (Fsp3) is 0.111. The molecule has 2 aromatic rings. The first kappa shape index (κ1) is 16.3. The van der Waals surface area contributed by atoms with E-state index in [-0.39, 0.29) is 11.7 Å². The molecule has 118 valence electrons. The number of benzene rings is 2. The number of phenolic OH excluding ortho intramolecular Hbond substituents is 1. The number of phenols is 1. The minimum absolute atomic E-state index is 0.185. The van der Waals surface area contributed by atoms with Crippen LogP contribution in [0.3, 0.4) is 0 Å². The Kier molecular flexibility index (Phi) is 5.52. The highest BCUT2D eigenvalue weighted by Gasteiger charge is 2.05. The van der Waals surface area contributed by atoms with Gasteiger partial charge in [-0.05, 0) is 61.0 Å². The van der Waals surface area contributed by atoms with Gasteiger partial charge >= 0.3 is 0 Å². The molecule has 0 saturated carbocycles. The maximum atomic E-state index is 12.0. The largest absolute Gasteiger partial charge is 0.508 e. The number of hydrazone groups is 1. The number of carbonyl (C=O) groups excluding carboxylic acids is 1. The van der Waals surface area contributed by atoms with Crippen LogP contribution in [-0.2, 0) is 0 Å². The molecule has 0 aliphatic carbocycles. The zero-order valence-corrected chi connectivity index (χ0v) is 12.8. The second-order valence-electron chi connectivity index (χ2n) is 4.81. The van der Waals surface area contributed by atoms with Crippen LogP contribution in [0.15, 0.2) is 66.3 Å². The van der Waals surface area contributed by atoms with Gasteiger partial charge < -0.3 is 9.84 Å². The third-order valence-corrected chi connectivity index (χ3v) is 3.09. The van der Waals surface area contributed by atoms with E-state index in [0.29, 0.717) is 23.6 Å². The molecule has 0 atom stereocenters. The average molecular weight is 310 g/mol. The van der Waals surface area contributed by atoms with Crippen LogP contribution in [0, 0.1) is 0 Å². The van der Waals surface area contributed by atoms with Crippen LogP contribution < -0.4 is 10.2 Å². The molecule has 0 radical (unpaired) electrons. The van der Waals surface area contributed by atoms with Crippen LogP contribution in [-0.4, -0.2) is 23.3 Å². The van der Waals surface area contributed by atoms with Crippen molar-refractivity contribution in [2.45, 2.75) is 6.92 Å². The van der Waals surface area contributed by atoms with Crippen molar-refractivity contribution >= 4 is 11.6 Å². The highest BCUT2D eigenvalue weighted by atomic mass is 16.5. The predicted molar refractivity (Wildman–Crippen MR) is 89.9 cm³/mol. The fourth-order valence-electron chi connectivity index (χ4n) is 1.82. The number of carbonyl (C=O) groups is 1. The Morgan fingerprint density at radius 1 is 1.17 bits per heavy atom. The van der Waals surface area contributed by atoms with E-state index in [0.717, 1.165) is 5.56 Å². The van der Waals surface area contributed by atoms with Gasteiger partial charge in [-0.3, -0.25) is 4.79 Å². The van der Waals surface area contributed by atoms with Gasteiger partial charge in [0.05, 0.1) is 5.71 Å². The summed E-state index contributed by atoms with van der Waals surface area (Å²) in [5.74, 6) is 0.549. The first-order chi connectivity index (χ1) is 11.1. The van der Waals surface area contributed by atoms with E-state index < -0.39 is 0 Å². The monoisotopic (exact) mass is 310 g/mol. The molecule has 0 fully saturated rings. The molecule has 0 heterocycles. The molecule has 0 aliphatic heterocycles. The van der Waals surface area contributed by atoms with Crippen molar-refractivity contribution < 1.29 is 14.6 Å². The highest BCUT2D eigenvalue weighted by Crippen LogP contribution is 2.13. The van der Waals surface area contributed by atoms with E-state index in [1.165, 1.54) is 0 Å². The van der Waals surface area contributed by atoms with Crippen molar-refractivity contribution in [1.82, 2.24) is 5.43 Å². The summed E-state index contributed by atoms with van der Waals surface area (Å²) in [6.07, 6.45) is 1.65. The fourth-order valence-corrected chi connectivity index (χ4v) is 1.82. The molecule has 5 heteroatoms. The third-order valence-electron chi connectivity index (χ3n) is 3.09. The van der Waals surface area contributed by atoms with Gasteiger partial charge in [-0.2, -0.15) is 5.10 Å². The van der Waals surface area contributed by atoms with Crippen molar-refractivity contribution in [3.05, 3.63) is 72.3 Å². The van der Waals surface area contributed by atoms with Crippen LogP contribution in [0.1, 0.15) is 22.8 Å². The summed E-state index contributed by atoms with van der Waals surface area (Å²) in [7, 11) is 0. The first-order valence-electron chi connectivity index (χ1n) is 7.08. The molecule has 5 nitrogen and oxygen atoms in total. The Morgan fingerprint density at radius 3 is 2.39 bits per heavy atom. The molecule has 0 aliphatic rings.